The molecule has 0 aromatic heterocycles. The molecule has 1 saturated heterocycles. The number of benzene rings is 1. The van der Waals surface area contributed by atoms with Gasteiger partial charge in [-0.2, -0.15) is 0 Å². The summed E-state index contributed by atoms with van der Waals surface area (Å²) in [5.41, 5.74) is 2.27. The minimum Gasteiger partial charge on any atom is -0.493 e. The first-order valence-electron chi connectivity index (χ1n) is 7.39. The van der Waals surface area contributed by atoms with Gasteiger partial charge in [0, 0.05) is 29.3 Å². The zero-order valence-electron chi connectivity index (χ0n) is 11.6. The fraction of sp³-hybridized carbons (Fsp3) is 0.562. The van der Waals surface area contributed by atoms with Crippen LogP contribution in [-0.2, 0) is 17.6 Å². The third kappa shape index (κ3) is 3.23. The topological polar surface area (TPSA) is 38.3 Å². The molecular formula is C16H20BrNO2. The van der Waals surface area contributed by atoms with Crippen LogP contribution in [0.15, 0.2) is 16.6 Å². The van der Waals surface area contributed by atoms with Gasteiger partial charge in [-0.3, -0.25) is 4.79 Å². The van der Waals surface area contributed by atoms with Crippen molar-refractivity contribution in [2.24, 2.45) is 5.92 Å². The summed E-state index contributed by atoms with van der Waals surface area (Å²) in [7, 11) is 0. The van der Waals surface area contributed by atoms with Crippen LogP contribution in [0, 0.1) is 5.92 Å². The van der Waals surface area contributed by atoms with Gasteiger partial charge in [-0.05, 0) is 49.5 Å². The summed E-state index contributed by atoms with van der Waals surface area (Å²) >= 11 is 3.53. The van der Waals surface area contributed by atoms with E-state index in [1.807, 2.05) is 6.07 Å². The summed E-state index contributed by atoms with van der Waals surface area (Å²) in [6.07, 6.45) is 4.41. The number of halogens is 1. The maximum absolute atomic E-state index is 12.3. The van der Waals surface area contributed by atoms with Crippen molar-refractivity contribution in [3.63, 3.8) is 0 Å². The molecule has 0 unspecified atom stereocenters. The molecule has 2 aliphatic rings. The van der Waals surface area contributed by atoms with Crippen molar-refractivity contribution in [3.05, 3.63) is 27.7 Å². The van der Waals surface area contributed by atoms with Crippen molar-refractivity contribution >= 4 is 21.7 Å². The number of ether oxygens (including phenoxy) is 1. The van der Waals surface area contributed by atoms with Gasteiger partial charge >= 0.3 is 0 Å². The smallest absolute Gasteiger partial charge is 0.137 e. The minimum atomic E-state index is 0.340. The van der Waals surface area contributed by atoms with Gasteiger partial charge in [0.05, 0.1) is 6.61 Å². The molecule has 1 N–H and O–H groups in total. The van der Waals surface area contributed by atoms with Crippen molar-refractivity contribution in [3.8, 4) is 5.75 Å². The highest BCUT2D eigenvalue weighted by atomic mass is 79.9. The molecule has 4 heteroatoms. The Labute approximate surface area is 128 Å². The Balaban J connectivity index is 1.66. The number of carbonyl (C=O) groups is 1. The SMILES string of the molecule is O=C(Cc1cc(Br)cc2c1OCC2)CC1CCNCC1. The third-order valence-corrected chi connectivity index (χ3v) is 4.65. The number of fused-ring (bicyclic) bond motifs is 1. The van der Waals surface area contributed by atoms with Crippen molar-refractivity contribution < 1.29 is 9.53 Å². The van der Waals surface area contributed by atoms with Crippen LogP contribution in [-0.4, -0.2) is 25.5 Å². The van der Waals surface area contributed by atoms with E-state index in [0.717, 1.165) is 54.7 Å². The maximum atomic E-state index is 12.3. The largest absolute Gasteiger partial charge is 0.493 e. The van der Waals surface area contributed by atoms with E-state index in [-0.39, 0.29) is 0 Å². The molecule has 0 bridgehead atoms. The van der Waals surface area contributed by atoms with Crippen LogP contribution in [0.3, 0.4) is 0 Å². The highest BCUT2D eigenvalue weighted by molar-refractivity contribution is 9.10. The molecule has 0 saturated carbocycles. The van der Waals surface area contributed by atoms with E-state index in [2.05, 4.69) is 27.3 Å². The number of hydrogen-bond acceptors (Lipinski definition) is 3. The highest BCUT2D eigenvalue weighted by Gasteiger charge is 2.21. The number of carbonyl (C=O) groups excluding carboxylic acids is 1. The van der Waals surface area contributed by atoms with Crippen molar-refractivity contribution in [2.75, 3.05) is 19.7 Å². The van der Waals surface area contributed by atoms with Gasteiger partial charge in [-0.25, -0.2) is 0 Å². The van der Waals surface area contributed by atoms with Gasteiger partial charge in [0.25, 0.3) is 0 Å². The van der Waals surface area contributed by atoms with E-state index in [4.69, 9.17) is 4.74 Å². The predicted molar refractivity (Wildman–Crippen MR) is 82.3 cm³/mol. The van der Waals surface area contributed by atoms with E-state index < -0.39 is 0 Å². The van der Waals surface area contributed by atoms with Crippen LogP contribution in [0.1, 0.15) is 30.4 Å². The summed E-state index contributed by atoms with van der Waals surface area (Å²) in [5, 5.41) is 3.34. The van der Waals surface area contributed by atoms with Gasteiger partial charge in [0.2, 0.25) is 0 Å². The lowest BCUT2D eigenvalue weighted by atomic mass is 9.90. The normalized spacial score (nSPS) is 18.6. The Hall–Kier alpha value is -0.870. The summed E-state index contributed by atoms with van der Waals surface area (Å²) in [4.78, 5) is 12.3. The number of hydrogen-bond donors (Lipinski definition) is 1. The number of ketones is 1. The molecule has 3 nitrogen and oxygen atoms in total. The number of piperidine rings is 1. The Kier molecular flexibility index (Phi) is 4.41. The average Bonchev–Trinajstić information content (AvgIpc) is 2.88. The molecule has 0 aliphatic carbocycles. The molecule has 2 heterocycles. The third-order valence-electron chi connectivity index (χ3n) is 4.19. The molecule has 0 amide bonds. The van der Waals surface area contributed by atoms with E-state index in [1.165, 1.54) is 5.56 Å². The van der Waals surface area contributed by atoms with E-state index in [0.29, 0.717) is 24.5 Å². The van der Waals surface area contributed by atoms with Gasteiger partial charge in [0.15, 0.2) is 0 Å². The maximum Gasteiger partial charge on any atom is 0.137 e. The predicted octanol–water partition coefficient (Wildman–Crippen LogP) is 2.89. The molecule has 108 valence electrons. The highest BCUT2D eigenvalue weighted by Crippen LogP contribution is 2.33. The average molecular weight is 338 g/mol. The monoisotopic (exact) mass is 337 g/mol. The zero-order chi connectivity index (χ0) is 13.9. The zero-order valence-corrected chi connectivity index (χ0v) is 13.2. The Morgan fingerprint density at radius 2 is 2.15 bits per heavy atom. The fourth-order valence-corrected chi connectivity index (χ4v) is 3.72. The van der Waals surface area contributed by atoms with Crippen LogP contribution in [0.4, 0.5) is 0 Å². The van der Waals surface area contributed by atoms with Crippen LogP contribution >= 0.6 is 15.9 Å². The molecule has 0 spiro atoms. The van der Waals surface area contributed by atoms with Crippen LogP contribution in [0.5, 0.6) is 5.75 Å². The Morgan fingerprint density at radius 3 is 2.95 bits per heavy atom. The summed E-state index contributed by atoms with van der Waals surface area (Å²) in [6.45, 7) is 2.84. The van der Waals surface area contributed by atoms with Gasteiger partial charge in [-0.15, -0.1) is 0 Å². The van der Waals surface area contributed by atoms with Gasteiger partial charge in [-0.1, -0.05) is 15.9 Å². The molecular weight excluding hydrogens is 318 g/mol. The van der Waals surface area contributed by atoms with Crippen LogP contribution < -0.4 is 10.1 Å². The standard InChI is InChI=1S/C16H20BrNO2/c17-14-8-12-3-6-20-16(12)13(9-14)10-15(19)7-11-1-4-18-5-2-11/h8-9,11,18H,1-7,10H2. The lowest BCUT2D eigenvalue weighted by Crippen LogP contribution is -2.29. The van der Waals surface area contributed by atoms with Crippen molar-refractivity contribution in [2.45, 2.75) is 32.1 Å². The van der Waals surface area contributed by atoms with Crippen molar-refractivity contribution in [1.29, 1.82) is 0 Å². The van der Waals surface area contributed by atoms with Crippen LogP contribution in [0.25, 0.3) is 0 Å². The first-order valence-corrected chi connectivity index (χ1v) is 8.18. The number of Topliss-reactive ketones (excluding diaryl/α,β-unsaturated/α-hetero) is 1. The van der Waals surface area contributed by atoms with Gasteiger partial charge in [0.1, 0.15) is 11.5 Å². The first-order chi connectivity index (χ1) is 9.72. The molecule has 1 fully saturated rings. The molecule has 20 heavy (non-hydrogen) atoms. The van der Waals surface area contributed by atoms with Gasteiger partial charge < -0.3 is 10.1 Å². The van der Waals surface area contributed by atoms with Crippen LogP contribution in [0.2, 0.25) is 0 Å². The second-order valence-corrected chi connectivity index (χ2v) is 6.68. The second-order valence-electron chi connectivity index (χ2n) is 5.76. The summed E-state index contributed by atoms with van der Waals surface area (Å²) < 4.78 is 6.74. The Morgan fingerprint density at radius 1 is 1.35 bits per heavy atom. The second kappa shape index (κ2) is 6.27. The molecule has 0 atom stereocenters. The summed E-state index contributed by atoms with van der Waals surface area (Å²) in [6, 6.07) is 4.13. The van der Waals surface area contributed by atoms with E-state index in [1.54, 1.807) is 0 Å². The van der Waals surface area contributed by atoms with Crippen molar-refractivity contribution in [1.82, 2.24) is 5.32 Å². The molecule has 3 rings (SSSR count). The quantitative estimate of drug-likeness (QED) is 0.917. The fourth-order valence-electron chi connectivity index (χ4n) is 3.17. The van der Waals surface area contributed by atoms with E-state index in [9.17, 15) is 4.79 Å². The molecule has 1 aromatic carbocycles. The number of nitrogens with one attached hydrogen (secondary N) is 1. The minimum absolute atomic E-state index is 0.340. The molecule has 0 radical (unpaired) electrons. The first kappa shape index (κ1) is 14.1. The van der Waals surface area contributed by atoms with E-state index >= 15 is 0 Å². The lowest BCUT2D eigenvalue weighted by molar-refractivity contribution is -0.119. The molecule has 1 aromatic rings. The Bertz CT molecular complexity index is 509. The lowest BCUT2D eigenvalue weighted by Gasteiger charge is -2.21. The number of rotatable bonds is 4. The summed E-state index contributed by atoms with van der Waals surface area (Å²) in [5.74, 6) is 1.85. The molecule has 2 aliphatic heterocycles.